The first-order chi connectivity index (χ1) is 15.7. The van der Waals surface area contributed by atoms with E-state index in [1.807, 2.05) is 0 Å². The van der Waals surface area contributed by atoms with Crippen LogP contribution < -0.4 is 0 Å². The van der Waals surface area contributed by atoms with Gasteiger partial charge in [0.1, 0.15) is 0 Å². The number of hydrogen-bond acceptors (Lipinski definition) is 8. The molecule has 0 aromatic carbocycles. The summed E-state index contributed by atoms with van der Waals surface area (Å²) in [5, 5.41) is 21.7. The molecule has 1 saturated carbocycles. The second-order valence-electron chi connectivity index (χ2n) is 9.34. The summed E-state index contributed by atoms with van der Waals surface area (Å²) in [5.74, 6) is 6.57. The molecule has 2 heterocycles. The molecule has 2 aliphatic heterocycles. The highest BCUT2D eigenvalue weighted by Crippen LogP contribution is 2.52. The Labute approximate surface area is 222 Å². The van der Waals surface area contributed by atoms with Crippen molar-refractivity contribution >= 4 is 70.6 Å². The second-order valence-corrected chi connectivity index (χ2v) is 17.7. The molecule has 0 aromatic heterocycles. The van der Waals surface area contributed by atoms with E-state index in [1.54, 1.807) is 0 Å². The Balaban J connectivity index is 1.57. The number of thioether (sulfide) groups is 6. The van der Waals surface area contributed by atoms with Crippen molar-refractivity contribution in [3.63, 3.8) is 0 Å². The summed E-state index contributed by atoms with van der Waals surface area (Å²) < 4.78 is 1.35. The molecular weight excluding hydrogens is 513 g/mol. The first-order valence-corrected chi connectivity index (χ1v) is 18.8. The minimum atomic E-state index is 0.343. The molecule has 0 radical (unpaired) electrons. The van der Waals surface area contributed by atoms with E-state index in [4.69, 9.17) is 0 Å². The summed E-state index contributed by atoms with van der Waals surface area (Å²) in [7, 11) is 0. The summed E-state index contributed by atoms with van der Waals surface area (Å²) in [6, 6.07) is 0. The zero-order valence-electron chi connectivity index (χ0n) is 19.9. The molecule has 32 heavy (non-hydrogen) atoms. The third-order valence-corrected chi connectivity index (χ3v) is 17.5. The maximum Gasteiger partial charge on any atom is 0.0627 e. The van der Waals surface area contributed by atoms with Crippen molar-refractivity contribution in [2.24, 2.45) is 11.8 Å². The van der Waals surface area contributed by atoms with Gasteiger partial charge in [-0.3, -0.25) is 0 Å². The number of aliphatic hydroxyl groups is 2. The smallest absolute Gasteiger partial charge is 0.0627 e. The van der Waals surface area contributed by atoms with Crippen molar-refractivity contribution in [2.75, 3.05) is 36.2 Å². The van der Waals surface area contributed by atoms with Crippen LogP contribution in [0, 0.1) is 11.8 Å². The van der Waals surface area contributed by atoms with Crippen LogP contribution in [0.1, 0.15) is 65.2 Å². The van der Waals surface area contributed by atoms with Crippen molar-refractivity contribution in [1.82, 2.24) is 0 Å². The topological polar surface area (TPSA) is 40.5 Å². The normalized spacial score (nSPS) is 35.2. The summed E-state index contributed by atoms with van der Waals surface area (Å²) in [5.41, 5.74) is 0. The highest BCUT2D eigenvalue weighted by molar-refractivity contribution is 8.22. The third kappa shape index (κ3) is 8.55. The average Bonchev–Trinajstić information content (AvgIpc) is 3.50. The van der Waals surface area contributed by atoms with Gasteiger partial charge in [-0.05, 0) is 61.9 Å². The molecule has 6 unspecified atom stereocenters. The fraction of sp³-hybridized carbons (Fsp3) is 1.00. The SMILES string of the molecule is CCCCSC(C1CCC(C(SCCCC)C2SCC(CO)S2)CC1)C1SCC(CO)S1. The van der Waals surface area contributed by atoms with Crippen molar-refractivity contribution in [2.45, 2.75) is 95.4 Å². The van der Waals surface area contributed by atoms with E-state index in [0.29, 0.717) is 32.9 Å². The molecule has 2 N–H and O–H groups in total. The van der Waals surface area contributed by atoms with Gasteiger partial charge in [-0.2, -0.15) is 23.5 Å². The molecule has 6 atom stereocenters. The molecule has 3 fully saturated rings. The van der Waals surface area contributed by atoms with Crippen molar-refractivity contribution in [1.29, 1.82) is 0 Å². The van der Waals surface area contributed by atoms with E-state index in [-0.39, 0.29) is 0 Å². The predicted molar refractivity (Wildman–Crippen MR) is 157 cm³/mol. The van der Waals surface area contributed by atoms with Crippen LogP contribution >= 0.6 is 70.6 Å². The first kappa shape index (κ1) is 28.6. The Bertz CT molecular complexity index is 461. The fourth-order valence-corrected chi connectivity index (χ4v) is 16.2. The highest BCUT2D eigenvalue weighted by atomic mass is 32.2. The molecule has 0 amide bonds. The van der Waals surface area contributed by atoms with E-state index in [2.05, 4.69) is 84.4 Å². The second kappa shape index (κ2) is 16.0. The van der Waals surface area contributed by atoms with Crippen molar-refractivity contribution in [3.05, 3.63) is 0 Å². The largest absolute Gasteiger partial charge is 0.395 e. The van der Waals surface area contributed by atoms with Crippen LogP contribution in [0.25, 0.3) is 0 Å². The van der Waals surface area contributed by atoms with Gasteiger partial charge in [0, 0.05) is 32.5 Å². The van der Waals surface area contributed by atoms with Gasteiger partial charge in [-0.15, -0.1) is 47.0 Å². The van der Waals surface area contributed by atoms with Crippen LogP contribution in [0.15, 0.2) is 0 Å². The maximum atomic E-state index is 9.65. The molecule has 3 aliphatic rings. The number of unbranched alkanes of at least 4 members (excludes halogenated alkanes) is 2. The lowest BCUT2D eigenvalue weighted by atomic mass is 9.79. The van der Waals surface area contributed by atoms with Gasteiger partial charge in [-0.1, -0.05) is 26.7 Å². The molecule has 0 spiro atoms. The molecule has 1 aliphatic carbocycles. The number of rotatable bonds is 14. The van der Waals surface area contributed by atoms with Crippen LogP contribution in [0.3, 0.4) is 0 Å². The Hall–Kier alpha value is 2.02. The zero-order valence-corrected chi connectivity index (χ0v) is 24.8. The third-order valence-electron chi connectivity index (χ3n) is 6.85. The molecule has 3 rings (SSSR count). The lowest BCUT2D eigenvalue weighted by molar-refractivity contribution is 0.272. The van der Waals surface area contributed by atoms with Gasteiger partial charge in [0.15, 0.2) is 0 Å². The molecule has 188 valence electrons. The zero-order chi connectivity index (χ0) is 22.8. The Kier molecular flexibility index (Phi) is 14.3. The first-order valence-electron chi connectivity index (χ1n) is 12.7. The summed E-state index contributed by atoms with van der Waals surface area (Å²) in [4.78, 5) is 0. The highest BCUT2D eigenvalue weighted by Gasteiger charge is 2.41. The summed E-state index contributed by atoms with van der Waals surface area (Å²) in [6.07, 6.45) is 10.8. The van der Waals surface area contributed by atoms with E-state index >= 15 is 0 Å². The Morgan fingerprint density at radius 2 is 1.12 bits per heavy atom. The number of hydrogen-bond donors (Lipinski definition) is 2. The van der Waals surface area contributed by atoms with Crippen LogP contribution in [-0.4, -0.2) is 76.6 Å². The molecule has 2 nitrogen and oxygen atoms in total. The monoisotopic (exact) mass is 556 g/mol. The van der Waals surface area contributed by atoms with Gasteiger partial charge in [0.05, 0.1) is 22.4 Å². The summed E-state index contributed by atoms with van der Waals surface area (Å²) >= 11 is 12.9. The van der Waals surface area contributed by atoms with Gasteiger partial charge >= 0.3 is 0 Å². The van der Waals surface area contributed by atoms with Gasteiger partial charge in [0.2, 0.25) is 0 Å². The van der Waals surface area contributed by atoms with Crippen LogP contribution in [-0.2, 0) is 0 Å². The molecule has 2 saturated heterocycles. The molecule has 0 bridgehead atoms. The van der Waals surface area contributed by atoms with E-state index in [1.165, 1.54) is 62.9 Å². The lowest BCUT2D eigenvalue weighted by Gasteiger charge is -2.39. The van der Waals surface area contributed by atoms with Crippen LogP contribution in [0.5, 0.6) is 0 Å². The molecular formula is C24H44O2S6. The van der Waals surface area contributed by atoms with E-state index < -0.39 is 0 Å². The number of aliphatic hydroxyl groups excluding tert-OH is 2. The van der Waals surface area contributed by atoms with Gasteiger partial charge < -0.3 is 10.2 Å². The predicted octanol–water partition coefficient (Wildman–Crippen LogP) is 6.93. The van der Waals surface area contributed by atoms with E-state index in [0.717, 1.165) is 33.8 Å². The van der Waals surface area contributed by atoms with Crippen LogP contribution in [0.2, 0.25) is 0 Å². The fourth-order valence-electron chi connectivity index (χ4n) is 4.88. The van der Waals surface area contributed by atoms with Crippen molar-refractivity contribution < 1.29 is 10.2 Å². The minimum absolute atomic E-state index is 0.343. The molecule has 8 heteroatoms. The molecule has 0 aromatic rings. The lowest BCUT2D eigenvalue weighted by Crippen LogP contribution is -2.34. The quantitative estimate of drug-likeness (QED) is 0.223. The average molecular weight is 557 g/mol. The van der Waals surface area contributed by atoms with Crippen LogP contribution in [0.4, 0.5) is 0 Å². The van der Waals surface area contributed by atoms with Gasteiger partial charge in [-0.25, -0.2) is 0 Å². The van der Waals surface area contributed by atoms with Crippen molar-refractivity contribution in [3.8, 4) is 0 Å². The minimum Gasteiger partial charge on any atom is -0.395 e. The summed E-state index contributed by atoms with van der Waals surface area (Å²) in [6.45, 7) is 5.29. The Morgan fingerprint density at radius 1 is 0.719 bits per heavy atom. The maximum absolute atomic E-state index is 9.65. The standard InChI is InChI=1S/C24H44O2S6/c1-3-5-11-27-21(23-29-15-19(13-25)31-23)17-7-9-18(10-8-17)22(28-12-6-4-2)24-30-16-20(14-26)32-24/h17-26H,3-16H2,1-2H3. The Morgan fingerprint density at radius 3 is 1.44 bits per heavy atom. The van der Waals surface area contributed by atoms with E-state index in [9.17, 15) is 10.2 Å². The van der Waals surface area contributed by atoms with Gasteiger partial charge in [0.25, 0.3) is 0 Å².